The molecule has 0 aromatic carbocycles. The standard InChI is InChI=1S/C10H12N2O2S/c13-8(14)4-3-7-5-11-10(15)12-9(7)6-1-2-6/h5-6H,1-4H2,(H,13,14)(H,11,12,15). The molecule has 0 unspecified atom stereocenters. The first-order valence-corrected chi connectivity index (χ1v) is 5.37. The number of carboxylic acid groups (broad SMARTS) is 1. The maximum Gasteiger partial charge on any atom is 0.303 e. The fourth-order valence-corrected chi connectivity index (χ4v) is 1.77. The van der Waals surface area contributed by atoms with Gasteiger partial charge < -0.3 is 10.1 Å². The molecule has 1 aliphatic carbocycles. The van der Waals surface area contributed by atoms with Crippen molar-refractivity contribution in [1.82, 2.24) is 9.97 Å². The topological polar surface area (TPSA) is 66.0 Å². The number of hydrogen-bond donors (Lipinski definition) is 2. The smallest absolute Gasteiger partial charge is 0.303 e. The van der Waals surface area contributed by atoms with Gasteiger partial charge >= 0.3 is 5.97 Å². The molecule has 5 heteroatoms. The Morgan fingerprint density at radius 1 is 1.67 bits per heavy atom. The van der Waals surface area contributed by atoms with Crippen LogP contribution in [0.5, 0.6) is 0 Å². The lowest BCUT2D eigenvalue weighted by atomic mass is 10.1. The molecule has 1 aromatic rings. The summed E-state index contributed by atoms with van der Waals surface area (Å²) in [7, 11) is 0. The summed E-state index contributed by atoms with van der Waals surface area (Å²) in [5, 5.41) is 8.62. The van der Waals surface area contributed by atoms with E-state index in [1.54, 1.807) is 6.20 Å². The minimum absolute atomic E-state index is 0.145. The number of aromatic nitrogens is 2. The number of H-pyrrole nitrogens is 1. The van der Waals surface area contributed by atoms with Crippen LogP contribution in [-0.4, -0.2) is 21.0 Å². The molecule has 2 rings (SSSR count). The van der Waals surface area contributed by atoms with E-state index in [9.17, 15) is 4.79 Å². The number of aliphatic carboxylic acids is 1. The average molecular weight is 224 g/mol. The zero-order valence-electron chi connectivity index (χ0n) is 8.19. The molecule has 1 fully saturated rings. The van der Waals surface area contributed by atoms with Crippen LogP contribution in [0, 0.1) is 4.77 Å². The largest absolute Gasteiger partial charge is 0.481 e. The van der Waals surface area contributed by atoms with Crippen molar-refractivity contribution in [3.8, 4) is 0 Å². The highest BCUT2D eigenvalue weighted by molar-refractivity contribution is 7.71. The van der Waals surface area contributed by atoms with Crippen molar-refractivity contribution in [3.05, 3.63) is 22.2 Å². The Balaban J connectivity index is 2.21. The number of aryl methyl sites for hydroxylation is 1. The van der Waals surface area contributed by atoms with Crippen molar-refractivity contribution in [3.63, 3.8) is 0 Å². The first kappa shape index (κ1) is 10.3. The van der Waals surface area contributed by atoms with E-state index < -0.39 is 5.97 Å². The second-order valence-corrected chi connectivity index (χ2v) is 4.18. The Hall–Kier alpha value is -1.23. The number of aromatic amines is 1. The van der Waals surface area contributed by atoms with Crippen LogP contribution >= 0.6 is 12.2 Å². The maximum absolute atomic E-state index is 10.5. The van der Waals surface area contributed by atoms with Gasteiger partial charge in [-0.05, 0) is 43.0 Å². The van der Waals surface area contributed by atoms with Gasteiger partial charge in [0.1, 0.15) is 0 Å². The summed E-state index contributed by atoms with van der Waals surface area (Å²) in [6, 6.07) is 0. The van der Waals surface area contributed by atoms with Crippen LogP contribution in [0.15, 0.2) is 6.20 Å². The minimum atomic E-state index is -0.779. The molecule has 1 aliphatic rings. The molecule has 1 saturated carbocycles. The summed E-state index contributed by atoms with van der Waals surface area (Å²) in [6.07, 6.45) is 4.70. The fraction of sp³-hybridized carbons (Fsp3) is 0.500. The Labute approximate surface area is 92.4 Å². The number of carboxylic acids is 1. The fourth-order valence-electron chi connectivity index (χ4n) is 1.61. The number of hydrogen-bond acceptors (Lipinski definition) is 3. The quantitative estimate of drug-likeness (QED) is 0.768. The first-order valence-electron chi connectivity index (χ1n) is 4.96. The molecule has 1 heterocycles. The normalized spacial score (nSPS) is 15.2. The van der Waals surface area contributed by atoms with Crippen LogP contribution in [0.3, 0.4) is 0 Å². The third kappa shape index (κ3) is 2.62. The zero-order valence-corrected chi connectivity index (χ0v) is 9.01. The van der Waals surface area contributed by atoms with Crippen LogP contribution in [0.2, 0.25) is 0 Å². The molecular formula is C10H12N2O2S. The highest BCUT2D eigenvalue weighted by atomic mass is 32.1. The summed E-state index contributed by atoms with van der Waals surface area (Å²) >= 11 is 4.96. The van der Waals surface area contributed by atoms with Gasteiger partial charge in [0.15, 0.2) is 4.77 Å². The molecule has 4 nitrogen and oxygen atoms in total. The lowest BCUT2D eigenvalue weighted by molar-refractivity contribution is -0.136. The lowest BCUT2D eigenvalue weighted by Crippen LogP contribution is -2.03. The molecule has 80 valence electrons. The minimum Gasteiger partial charge on any atom is -0.481 e. The first-order chi connectivity index (χ1) is 7.16. The van der Waals surface area contributed by atoms with Crippen LogP contribution in [-0.2, 0) is 11.2 Å². The molecule has 0 atom stereocenters. The van der Waals surface area contributed by atoms with Crippen molar-refractivity contribution in [2.45, 2.75) is 31.6 Å². The second-order valence-electron chi connectivity index (χ2n) is 3.80. The molecule has 0 radical (unpaired) electrons. The van der Waals surface area contributed by atoms with Crippen molar-refractivity contribution in [1.29, 1.82) is 0 Å². The molecule has 2 N–H and O–H groups in total. The monoisotopic (exact) mass is 224 g/mol. The Kier molecular flexibility index (Phi) is 2.81. The predicted molar refractivity (Wildman–Crippen MR) is 57.4 cm³/mol. The molecule has 0 bridgehead atoms. The molecule has 0 saturated heterocycles. The van der Waals surface area contributed by atoms with E-state index in [1.165, 1.54) is 0 Å². The number of nitrogens with one attached hydrogen (secondary N) is 1. The van der Waals surface area contributed by atoms with Gasteiger partial charge in [-0.2, -0.15) is 0 Å². The zero-order chi connectivity index (χ0) is 10.8. The Morgan fingerprint density at radius 2 is 2.40 bits per heavy atom. The van der Waals surface area contributed by atoms with E-state index >= 15 is 0 Å². The predicted octanol–water partition coefficient (Wildman–Crippen LogP) is 2.03. The van der Waals surface area contributed by atoms with Gasteiger partial charge in [0.05, 0.1) is 0 Å². The van der Waals surface area contributed by atoms with Crippen LogP contribution in [0.4, 0.5) is 0 Å². The third-order valence-corrected chi connectivity index (χ3v) is 2.73. The van der Waals surface area contributed by atoms with E-state index in [0.717, 1.165) is 24.1 Å². The van der Waals surface area contributed by atoms with E-state index in [4.69, 9.17) is 17.3 Å². The maximum atomic E-state index is 10.5. The molecular weight excluding hydrogens is 212 g/mol. The van der Waals surface area contributed by atoms with Crippen molar-refractivity contribution in [2.75, 3.05) is 0 Å². The van der Waals surface area contributed by atoms with Crippen molar-refractivity contribution in [2.24, 2.45) is 0 Å². The van der Waals surface area contributed by atoms with E-state index in [2.05, 4.69) is 9.97 Å². The summed E-state index contributed by atoms with van der Waals surface area (Å²) in [6.45, 7) is 0. The SMILES string of the molecule is O=C(O)CCc1cnc(=S)[nH]c1C1CC1. The highest BCUT2D eigenvalue weighted by Crippen LogP contribution is 2.40. The van der Waals surface area contributed by atoms with E-state index in [1.807, 2.05) is 0 Å². The summed E-state index contributed by atoms with van der Waals surface area (Å²) < 4.78 is 0.482. The summed E-state index contributed by atoms with van der Waals surface area (Å²) in [5.74, 6) is -0.238. The number of nitrogens with zero attached hydrogens (tertiary/aromatic N) is 1. The van der Waals surface area contributed by atoms with Gasteiger partial charge in [-0.1, -0.05) is 0 Å². The molecule has 0 amide bonds. The van der Waals surface area contributed by atoms with Gasteiger partial charge in [-0.15, -0.1) is 0 Å². The van der Waals surface area contributed by atoms with Crippen molar-refractivity contribution < 1.29 is 9.90 Å². The molecule has 15 heavy (non-hydrogen) atoms. The van der Waals surface area contributed by atoms with Crippen LogP contribution in [0.1, 0.15) is 36.4 Å². The average Bonchev–Trinajstić information content (AvgIpc) is 2.98. The molecule has 0 aliphatic heterocycles. The molecule has 0 spiro atoms. The second kappa shape index (κ2) is 4.10. The van der Waals surface area contributed by atoms with E-state index in [0.29, 0.717) is 17.1 Å². The van der Waals surface area contributed by atoms with Gasteiger partial charge in [0.25, 0.3) is 0 Å². The lowest BCUT2D eigenvalue weighted by Gasteiger charge is -2.06. The number of rotatable bonds is 4. The van der Waals surface area contributed by atoms with E-state index in [-0.39, 0.29) is 6.42 Å². The van der Waals surface area contributed by atoms with Gasteiger partial charge in [-0.3, -0.25) is 4.79 Å². The van der Waals surface area contributed by atoms with Gasteiger partial charge in [0.2, 0.25) is 0 Å². The Bertz CT molecular complexity index is 437. The third-order valence-electron chi connectivity index (χ3n) is 2.52. The van der Waals surface area contributed by atoms with Crippen molar-refractivity contribution >= 4 is 18.2 Å². The highest BCUT2D eigenvalue weighted by Gasteiger charge is 2.26. The van der Waals surface area contributed by atoms with Crippen LogP contribution in [0.25, 0.3) is 0 Å². The van der Waals surface area contributed by atoms with Gasteiger partial charge in [0, 0.05) is 18.3 Å². The van der Waals surface area contributed by atoms with Gasteiger partial charge in [-0.25, -0.2) is 4.98 Å². The number of carbonyl (C=O) groups is 1. The van der Waals surface area contributed by atoms with Crippen LogP contribution < -0.4 is 0 Å². The summed E-state index contributed by atoms with van der Waals surface area (Å²) in [4.78, 5) is 17.6. The Morgan fingerprint density at radius 3 is 3.00 bits per heavy atom. The molecule has 1 aromatic heterocycles. The summed E-state index contributed by atoms with van der Waals surface area (Å²) in [5.41, 5.74) is 2.09.